The molecule has 0 unspecified atom stereocenters. The molecule has 0 bridgehead atoms. The third-order valence-corrected chi connectivity index (χ3v) is 5.19. The normalized spacial score (nSPS) is 11.5. The zero-order valence-corrected chi connectivity index (χ0v) is 15.1. The molecule has 0 spiro atoms. The van der Waals surface area contributed by atoms with Crippen molar-refractivity contribution in [1.82, 2.24) is 9.55 Å². The predicted octanol–water partition coefficient (Wildman–Crippen LogP) is 3.33. The minimum atomic E-state index is -1.18. The molecule has 0 aliphatic rings. The van der Waals surface area contributed by atoms with E-state index in [9.17, 15) is 14.9 Å². The Labute approximate surface area is 141 Å². The highest BCUT2D eigenvalue weighted by molar-refractivity contribution is 6.76. The van der Waals surface area contributed by atoms with Gasteiger partial charge in [0.15, 0.2) is 5.82 Å². The second-order valence-corrected chi connectivity index (χ2v) is 12.3. The summed E-state index contributed by atoms with van der Waals surface area (Å²) in [5.74, 6) is -0.349. The van der Waals surface area contributed by atoms with E-state index in [1.165, 1.54) is 24.4 Å². The first-order valence-corrected chi connectivity index (χ1v) is 11.4. The summed E-state index contributed by atoms with van der Waals surface area (Å²) in [6.45, 7) is 7.60. The van der Waals surface area contributed by atoms with Crippen molar-refractivity contribution in [1.29, 1.82) is 0 Å². The average molecular weight is 347 g/mol. The van der Waals surface area contributed by atoms with E-state index in [0.29, 0.717) is 6.61 Å². The number of imidazole rings is 1. The number of rotatable bonds is 8. The van der Waals surface area contributed by atoms with Crippen LogP contribution >= 0.6 is 0 Å². The summed E-state index contributed by atoms with van der Waals surface area (Å²) < 4.78 is 7.20. The van der Waals surface area contributed by atoms with Crippen LogP contribution in [0.4, 0.5) is 5.69 Å². The second-order valence-electron chi connectivity index (χ2n) is 6.67. The highest BCUT2D eigenvalue weighted by Gasteiger charge is 2.24. The Bertz CT molecular complexity index is 737. The van der Waals surface area contributed by atoms with Crippen LogP contribution in [0.3, 0.4) is 0 Å². The van der Waals surface area contributed by atoms with Crippen LogP contribution in [0.15, 0.2) is 36.7 Å². The molecule has 128 valence electrons. The fourth-order valence-electron chi connectivity index (χ4n) is 2.11. The van der Waals surface area contributed by atoms with Crippen molar-refractivity contribution in [3.05, 3.63) is 58.2 Å². The van der Waals surface area contributed by atoms with Crippen molar-refractivity contribution in [2.75, 3.05) is 6.61 Å². The molecule has 2 rings (SSSR count). The minimum Gasteiger partial charge on any atom is -0.361 e. The molecule has 2 aromatic rings. The number of hydrogen-bond donors (Lipinski definition) is 0. The van der Waals surface area contributed by atoms with Crippen molar-refractivity contribution in [3.8, 4) is 0 Å². The molecule has 0 N–H and O–H groups in total. The van der Waals surface area contributed by atoms with Crippen molar-refractivity contribution in [2.24, 2.45) is 0 Å². The number of nitro groups is 1. The Morgan fingerprint density at radius 1 is 1.33 bits per heavy atom. The van der Waals surface area contributed by atoms with Crippen molar-refractivity contribution < 1.29 is 14.5 Å². The van der Waals surface area contributed by atoms with Crippen LogP contribution in [0.1, 0.15) is 16.2 Å². The Morgan fingerprint density at radius 3 is 2.71 bits per heavy atom. The lowest BCUT2D eigenvalue weighted by atomic mass is 10.1. The number of nitro benzene ring substituents is 1. The zero-order valence-electron chi connectivity index (χ0n) is 14.1. The number of hydrogen-bond acceptors (Lipinski definition) is 5. The molecular formula is C16H21N3O4Si. The van der Waals surface area contributed by atoms with E-state index in [1.807, 2.05) is 0 Å². The number of carbonyl (C=O) groups is 1. The van der Waals surface area contributed by atoms with E-state index in [4.69, 9.17) is 4.74 Å². The first kappa shape index (κ1) is 18.0. The van der Waals surface area contributed by atoms with Crippen LogP contribution in [-0.2, 0) is 11.5 Å². The van der Waals surface area contributed by atoms with Crippen LogP contribution in [-0.4, -0.2) is 34.9 Å². The standard InChI is InChI=1S/C16H21N3O4Si/c1-24(2,3)11-10-23-12-18-9-8-17-16(18)15(20)13-6-4-5-7-14(13)19(21)22/h4-9H,10-12H2,1-3H3. The van der Waals surface area contributed by atoms with Crippen molar-refractivity contribution >= 4 is 19.5 Å². The summed E-state index contributed by atoms with van der Waals surface area (Å²) in [4.78, 5) is 27.2. The monoisotopic (exact) mass is 347 g/mol. The SMILES string of the molecule is C[Si](C)(C)CCOCn1ccnc1C(=O)c1ccccc1[N+](=O)[O-]. The predicted molar refractivity (Wildman–Crippen MR) is 92.9 cm³/mol. The Balaban J connectivity index is 2.12. The van der Waals surface area contributed by atoms with Gasteiger partial charge in [0.2, 0.25) is 5.78 Å². The Kier molecular flexibility index (Phi) is 5.63. The van der Waals surface area contributed by atoms with E-state index < -0.39 is 18.8 Å². The molecule has 0 saturated carbocycles. The lowest BCUT2D eigenvalue weighted by Crippen LogP contribution is -2.22. The van der Waals surface area contributed by atoms with Crippen LogP contribution in [0, 0.1) is 10.1 Å². The first-order chi connectivity index (χ1) is 11.3. The number of carbonyl (C=O) groups excluding carboxylic acids is 1. The maximum atomic E-state index is 12.6. The van der Waals surface area contributed by atoms with Gasteiger partial charge in [0.1, 0.15) is 12.3 Å². The maximum absolute atomic E-state index is 12.6. The zero-order chi connectivity index (χ0) is 17.7. The maximum Gasteiger partial charge on any atom is 0.280 e. The number of aromatic nitrogens is 2. The van der Waals surface area contributed by atoms with Gasteiger partial charge in [0, 0.05) is 33.1 Å². The van der Waals surface area contributed by atoms with Crippen molar-refractivity contribution in [3.63, 3.8) is 0 Å². The topological polar surface area (TPSA) is 87.3 Å². The van der Waals surface area contributed by atoms with Crippen LogP contribution in [0.5, 0.6) is 0 Å². The van der Waals surface area contributed by atoms with Gasteiger partial charge < -0.3 is 9.30 Å². The van der Waals surface area contributed by atoms with Crippen LogP contribution < -0.4 is 0 Å². The molecule has 7 nitrogen and oxygen atoms in total. The summed E-state index contributed by atoms with van der Waals surface area (Å²) in [6, 6.07) is 6.89. The fourth-order valence-corrected chi connectivity index (χ4v) is 2.87. The van der Waals surface area contributed by atoms with Gasteiger partial charge in [-0.1, -0.05) is 31.8 Å². The third-order valence-electron chi connectivity index (χ3n) is 3.49. The highest BCUT2D eigenvalue weighted by atomic mass is 28.3. The quantitative estimate of drug-likeness (QED) is 0.240. The van der Waals surface area contributed by atoms with Crippen molar-refractivity contribution in [2.45, 2.75) is 32.4 Å². The first-order valence-electron chi connectivity index (χ1n) is 7.66. The minimum absolute atomic E-state index is 0.0250. The van der Waals surface area contributed by atoms with Gasteiger partial charge in [-0.05, 0) is 12.1 Å². The van der Waals surface area contributed by atoms with Crippen LogP contribution in [0.25, 0.3) is 0 Å². The largest absolute Gasteiger partial charge is 0.361 e. The van der Waals surface area contributed by atoms with E-state index in [1.54, 1.807) is 16.8 Å². The van der Waals surface area contributed by atoms with E-state index >= 15 is 0 Å². The summed E-state index contributed by atoms with van der Waals surface area (Å²) in [5, 5.41) is 11.1. The van der Waals surface area contributed by atoms with Gasteiger partial charge in [0.05, 0.1) is 4.92 Å². The molecule has 8 heteroatoms. The summed E-state index contributed by atoms with van der Waals surface area (Å²) in [7, 11) is -1.18. The van der Waals surface area contributed by atoms with Gasteiger partial charge in [0.25, 0.3) is 5.69 Å². The molecule has 1 heterocycles. The van der Waals surface area contributed by atoms with Gasteiger partial charge >= 0.3 is 0 Å². The number of ether oxygens (including phenoxy) is 1. The summed E-state index contributed by atoms with van der Waals surface area (Å²) in [6.07, 6.45) is 3.13. The molecule has 0 amide bonds. The molecule has 24 heavy (non-hydrogen) atoms. The smallest absolute Gasteiger partial charge is 0.280 e. The second kappa shape index (κ2) is 7.50. The third kappa shape index (κ3) is 4.59. The van der Waals surface area contributed by atoms with E-state index in [-0.39, 0.29) is 23.8 Å². The van der Waals surface area contributed by atoms with Gasteiger partial charge in [-0.2, -0.15) is 0 Å². The molecule has 1 aromatic carbocycles. The number of nitrogens with zero attached hydrogens (tertiary/aromatic N) is 3. The van der Waals surface area contributed by atoms with E-state index in [0.717, 1.165) is 6.04 Å². The summed E-state index contributed by atoms with van der Waals surface area (Å²) in [5.41, 5.74) is -0.200. The molecule has 0 radical (unpaired) electrons. The van der Waals surface area contributed by atoms with E-state index in [2.05, 4.69) is 24.6 Å². The van der Waals surface area contributed by atoms with Crippen LogP contribution in [0.2, 0.25) is 25.7 Å². The lowest BCUT2D eigenvalue weighted by molar-refractivity contribution is -0.385. The number of ketones is 1. The molecule has 0 fully saturated rings. The average Bonchev–Trinajstić information content (AvgIpc) is 2.98. The molecule has 0 aliphatic heterocycles. The highest BCUT2D eigenvalue weighted by Crippen LogP contribution is 2.20. The Morgan fingerprint density at radius 2 is 2.04 bits per heavy atom. The molecule has 0 aliphatic carbocycles. The fraction of sp³-hybridized carbons (Fsp3) is 0.375. The molecule has 0 saturated heterocycles. The number of benzene rings is 1. The molecule has 1 aromatic heterocycles. The lowest BCUT2D eigenvalue weighted by Gasteiger charge is -2.15. The Hall–Kier alpha value is -2.32. The summed E-state index contributed by atoms with van der Waals surface area (Å²) >= 11 is 0. The van der Waals surface area contributed by atoms with Gasteiger partial charge in [-0.3, -0.25) is 14.9 Å². The molecular weight excluding hydrogens is 326 g/mol. The van der Waals surface area contributed by atoms with Gasteiger partial charge in [-0.15, -0.1) is 0 Å². The molecule has 0 atom stereocenters. The van der Waals surface area contributed by atoms with Gasteiger partial charge in [-0.25, -0.2) is 4.98 Å². The number of para-hydroxylation sites is 1.